The van der Waals surface area contributed by atoms with Gasteiger partial charge in [0, 0.05) is 34.6 Å². The van der Waals surface area contributed by atoms with E-state index in [2.05, 4.69) is 21.2 Å². The molecule has 2 aromatic carbocycles. The molecule has 2 saturated heterocycles. The number of nitrogens with zero attached hydrogens (tertiary/aromatic N) is 2. The van der Waals surface area contributed by atoms with Crippen molar-refractivity contribution in [3.05, 3.63) is 70.2 Å². The van der Waals surface area contributed by atoms with Gasteiger partial charge in [-0.25, -0.2) is 0 Å². The number of benzene rings is 2. The van der Waals surface area contributed by atoms with Crippen LogP contribution in [0.2, 0.25) is 0 Å². The Morgan fingerprint density at radius 2 is 1.83 bits per heavy atom. The normalized spacial score (nSPS) is 30.1. The molecule has 3 aliphatic rings. The average molecular weight is 705 g/mol. The van der Waals surface area contributed by atoms with E-state index in [0.717, 1.165) is 12.8 Å². The topological polar surface area (TPSA) is 200 Å². The van der Waals surface area contributed by atoms with Crippen LogP contribution in [0.3, 0.4) is 0 Å². The Balaban J connectivity index is 1.27. The molecule has 0 spiro atoms. The molecular formula is C32H38BrN3O10. The van der Waals surface area contributed by atoms with Crippen molar-refractivity contribution in [2.24, 2.45) is 5.92 Å². The number of fused-ring (bicyclic) bond motifs is 1. The van der Waals surface area contributed by atoms with Crippen LogP contribution >= 0.6 is 15.9 Å². The first-order valence-corrected chi connectivity index (χ1v) is 15.8. The second kappa shape index (κ2) is 13.9. The molecule has 0 saturated carbocycles. The number of aliphatic hydroxyl groups excluding tert-OH is 5. The molecule has 0 aromatic heterocycles. The number of hydrogen-bond donors (Lipinski definition) is 7. The largest absolute Gasteiger partial charge is 0.394 e. The molecule has 3 amide bonds. The number of nitrogens with one attached hydrogen (secondary N) is 1. The Labute approximate surface area is 273 Å². The zero-order valence-corrected chi connectivity index (χ0v) is 26.7. The number of carbonyl (C=O) groups is 3. The summed E-state index contributed by atoms with van der Waals surface area (Å²) in [7, 11) is 0. The van der Waals surface area contributed by atoms with Crippen LogP contribution in [0.1, 0.15) is 37.3 Å². The summed E-state index contributed by atoms with van der Waals surface area (Å²) >= 11 is 3.43. The summed E-state index contributed by atoms with van der Waals surface area (Å²) < 4.78 is 5.64. The molecule has 0 radical (unpaired) electrons. The number of carbonyl (C=O) groups excluding carboxylic acids is 3. The van der Waals surface area contributed by atoms with Gasteiger partial charge in [0.2, 0.25) is 5.91 Å². The maximum Gasteiger partial charge on any atom is 0.264 e. The summed E-state index contributed by atoms with van der Waals surface area (Å²) in [5.41, 5.74) is 0.0119. The van der Waals surface area contributed by atoms with E-state index in [9.17, 15) is 45.0 Å². The van der Waals surface area contributed by atoms with E-state index in [1.54, 1.807) is 66.4 Å². The molecule has 2 aromatic rings. The van der Waals surface area contributed by atoms with Crippen molar-refractivity contribution >= 4 is 45.0 Å². The Morgan fingerprint density at radius 3 is 2.52 bits per heavy atom. The van der Waals surface area contributed by atoms with Gasteiger partial charge in [0.15, 0.2) is 18.0 Å². The second-order valence-corrected chi connectivity index (χ2v) is 12.8. The van der Waals surface area contributed by atoms with Crippen molar-refractivity contribution in [3.63, 3.8) is 0 Å². The van der Waals surface area contributed by atoms with Gasteiger partial charge in [-0.2, -0.15) is 0 Å². The highest BCUT2D eigenvalue weighted by molar-refractivity contribution is 9.10. The van der Waals surface area contributed by atoms with Crippen LogP contribution in [0.5, 0.6) is 0 Å². The van der Waals surface area contributed by atoms with Crippen molar-refractivity contribution < 1.29 is 49.8 Å². The van der Waals surface area contributed by atoms with Crippen LogP contribution in [0, 0.1) is 5.92 Å². The van der Waals surface area contributed by atoms with Gasteiger partial charge < -0.3 is 50.5 Å². The van der Waals surface area contributed by atoms with Gasteiger partial charge in [0.25, 0.3) is 11.8 Å². The monoisotopic (exact) mass is 703 g/mol. The summed E-state index contributed by atoms with van der Waals surface area (Å²) in [5.74, 6) is -2.19. The molecule has 3 heterocycles. The number of amides is 3. The van der Waals surface area contributed by atoms with Crippen LogP contribution in [-0.2, 0) is 31.3 Å². The molecule has 0 bridgehead atoms. The summed E-state index contributed by atoms with van der Waals surface area (Å²) in [6.07, 6.45) is -3.80. The fraction of sp³-hybridized carbons (Fsp3) is 0.469. The predicted molar refractivity (Wildman–Crippen MR) is 168 cm³/mol. The average Bonchev–Trinajstić information content (AvgIpc) is 3.60. The fourth-order valence-corrected chi connectivity index (χ4v) is 6.59. The molecule has 2 fully saturated rings. The lowest BCUT2D eigenvalue weighted by Crippen LogP contribution is -2.60. The third-order valence-electron chi connectivity index (χ3n) is 8.92. The molecule has 0 aliphatic carbocycles. The van der Waals surface area contributed by atoms with Gasteiger partial charge in [0.05, 0.1) is 24.9 Å². The first-order chi connectivity index (χ1) is 21.9. The number of aliphatic hydroxyl groups is 6. The van der Waals surface area contributed by atoms with Crippen molar-refractivity contribution in [1.82, 2.24) is 4.90 Å². The van der Waals surface area contributed by atoms with Crippen LogP contribution in [0.25, 0.3) is 0 Å². The third kappa shape index (κ3) is 6.49. The van der Waals surface area contributed by atoms with E-state index in [0.29, 0.717) is 33.5 Å². The van der Waals surface area contributed by atoms with Gasteiger partial charge in [0.1, 0.15) is 18.3 Å². The fourth-order valence-electron chi connectivity index (χ4n) is 6.23. The van der Waals surface area contributed by atoms with Crippen molar-refractivity contribution in [2.75, 3.05) is 23.4 Å². The van der Waals surface area contributed by atoms with Crippen LogP contribution in [-0.4, -0.2) is 103 Å². The molecule has 8 atom stereocenters. The van der Waals surface area contributed by atoms with E-state index < -0.39 is 54.0 Å². The lowest BCUT2D eigenvalue weighted by Gasteiger charge is -2.37. The maximum absolute atomic E-state index is 13.9. The number of anilines is 2. The van der Waals surface area contributed by atoms with E-state index >= 15 is 0 Å². The zero-order chi connectivity index (χ0) is 33.3. The zero-order valence-electron chi connectivity index (χ0n) is 25.1. The SMILES string of the molecule is C[C@@H](/C=C/CC(=O)N1CCC[C@H]1CO)[C@]1(O)C(=O)N(Cc2ccc(NC(=O)[C@H]3O[C@@H](O)[C@H](O)[C@@H](O)[C@@H]3O)cc2)c2ccc(Br)cc21. The molecule has 46 heavy (non-hydrogen) atoms. The van der Waals surface area contributed by atoms with Crippen molar-refractivity contribution in [1.29, 1.82) is 0 Å². The number of rotatable bonds is 9. The first-order valence-electron chi connectivity index (χ1n) is 15.1. The summed E-state index contributed by atoms with van der Waals surface area (Å²) in [5, 5.41) is 63.3. The van der Waals surface area contributed by atoms with Crippen LogP contribution < -0.4 is 10.2 Å². The summed E-state index contributed by atoms with van der Waals surface area (Å²) in [6, 6.07) is 11.5. The maximum atomic E-state index is 13.9. The van der Waals surface area contributed by atoms with Crippen molar-refractivity contribution in [2.45, 2.75) is 75.1 Å². The number of halogens is 1. The minimum absolute atomic E-state index is 0.0814. The highest BCUT2D eigenvalue weighted by atomic mass is 79.9. The smallest absolute Gasteiger partial charge is 0.264 e. The standard InChI is InChI=1S/C32H38BrN3O10/c1-17(4-2-6-24(38)35-13-3-5-21(35)16-37)32(45)22-14-19(33)9-12-23(22)36(31(32)44)15-18-7-10-20(11-8-18)34-29(42)28-26(40)25(39)27(41)30(43)46-28/h2,4,7-12,14,17,21,25-28,30,37,39-41,43,45H,3,5-6,13,15-16H2,1H3,(H,34,42)/b4-2+/t17-,21-,25-,26-,27+,28-,30+,32+/m0/s1. The van der Waals surface area contributed by atoms with E-state index in [-0.39, 0.29) is 31.5 Å². The molecule has 0 unspecified atom stereocenters. The third-order valence-corrected chi connectivity index (χ3v) is 9.42. The minimum atomic E-state index is -1.91. The molecule has 3 aliphatic heterocycles. The molecule has 248 valence electrons. The van der Waals surface area contributed by atoms with Crippen LogP contribution in [0.4, 0.5) is 11.4 Å². The molecule has 14 heteroatoms. The second-order valence-electron chi connectivity index (χ2n) is 11.9. The van der Waals surface area contributed by atoms with Gasteiger partial charge in [-0.15, -0.1) is 0 Å². The predicted octanol–water partition coefficient (Wildman–Crippen LogP) is 0.488. The van der Waals surface area contributed by atoms with E-state index in [4.69, 9.17) is 4.74 Å². The van der Waals surface area contributed by atoms with Gasteiger partial charge in [-0.05, 0) is 48.7 Å². The quantitative estimate of drug-likeness (QED) is 0.180. The number of hydrogen-bond acceptors (Lipinski definition) is 10. The number of likely N-dealkylation sites (tertiary alicyclic amines) is 1. The summed E-state index contributed by atoms with van der Waals surface area (Å²) in [6.45, 7) is 2.32. The molecular weight excluding hydrogens is 666 g/mol. The Kier molecular flexibility index (Phi) is 10.3. The highest BCUT2D eigenvalue weighted by Crippen LogP contribution is 2.46. The van der Waals surface area contributed by atoms with Gasteiger partial charge in [-0.3, -0.25) is 14.4 Å². The first kappa shape index (κ1) is 34.1. The highest BCUT2D eigenvalue weighted by Gasteiger charge is 2.52. The van der Waals surface area contributed by atoms with E-state index in [1.165, 1.54) is 4.90 Å². The van der Waals surface area contributed by atoms with Gasteiger partial charge in [-0.1, -0.05) is 47.1 Å². The Hall–Kier alpha value is -3.21. The Bertz CT molecular complexity index is 1490. The lowest BCUT2D eigenvalue weighted by molar-refractivity contribution is -0.274. The minimum Gasteiger partial charge on any atom is -0.394 e. The van der Waals surface area contributed by atoms with Gasteiger partial charge >= 0.3 is 0 Å². The van der Waals surface area contributed by atoms with Crippen molar-refractivity contribution in [3.8, 4) is 0 Å². The molecule has 7 N–H and O–H groups in total. The summed E-state index contributed by atoms with van der Waals surface area (Å²) in [4.78, 5) is 42.4. The van der Waals surface area contributed by atoms with Crippen LogP contribution in [0.15, 0.2) is 59.1 Å². The Morgan fingerprint density at radius 1 is 1.11 bits per heavy atom. The number of ether oxygens (including phenoxy) is 1. The lowest BCUT2D eigenvalue weighted by atomic mass is 9.83. The molecule has 13 nitrogen and oxygen atoms in total. The molecule has 5 rings (SSSR count). The van der Waals surface area contributed by atoms with E-state index in [1.807, 2.05) is 0 Å².